The maximum atomic E-state index is 13.2. The second-order valence-electron chi connectivity index (χ2n) is 4.99. The SMILES string of the molecule is Cc1cc(-c2nc(C3(CN)CC3)cs2)ccc1F. The van der Waals surface area contributed by atoms with Gasteiger partial charge in [-0.2, -0.15) is 0 Å². The van der Waals surface area contributed by atoms with E-state index >= 15 is 0 Å². The Kier molecular flexibility index (Phi) is 2.72. The third-order valence-corrected chi connectivity index (χ3v) is 4.59. The fourth-order valence-corrected chi connectivity index (χ4v) is 3.08. The maximum Gasteiger partial charge on any atom is 0.126 e. The molecule has 18 heavy (non-hydrogen) atoms. The van der Waals surface area contributed by atoms with Crippen LogP contribution in [-0.2, 0) is 5.41 Å². The molecule has 0 aliphatic heterocycles. The van der Waals surface area contributed by atoms with Crippen LogP contribution in [0.5, 0.6) is 0 Å². The minimum Gasteiger partial charge on any atom is -0.330 e. The van der Waals surface area contributed by atoms with Gasteiger partial charge >= 0.3 is 0 Å². The lowest BCUT2D eigenvalue weighted by molar-refractivity contribution is 0.619. The van der Waals surface area contributed by atoms with Gasteiger partial charge in [0.2, 0.25) is 0 Å². The van der Waals surface area contributed by atoms with Crippen molar-refractivity contribution in [2.24, 2.45) is 5.73 Å². The molecule has 0 atom stereocenters. The summed E-state index contributed by atoms with van der Waals surface area (Å²) in [5.74, 6) is -0.170. The molecule has 1 fully saturated rings. The molecule has 4 heteroatoms. The van der Waals surface area contributed by atoms with Crippen LogP contribution in [0.2, 0.25) is 0 Å². The molecule has 0 saturated heterocycles. The van der Waals surface area contributed by atoms with E-state index in [0.717, 1.165) is 29.1 Å². The summed E-state index contributed by atoms with van der Waals surface area (Å²) in [5, 5.41) is 3.04. The average Bonchev–Trinajstić information content (AvgIpc) is 3.02. The zero-order valence-electron chi connectivity index (χ0n) is 10.2. The standard InChI is InChI=1S/C14H15FN2S/c1-9-6-10(2-3-11(9)15)13-17-12(7-18-13)14(8-16)4-5-14/h2-3,6-7H,4-5,8,16H2,1H3. The summed E-state index contributed by atoms with van der Waals surface area (Å²) < 4.78 is 13.2. The van der Waals surface area contributed by atoms with Crippen LogP contribution < -0.4 is 5.73 Å². The molecule has 94 valence electrons. The number of aromatic nitrogens is 1. The zero-order valence-corrected chi connectivity index (χ0v) is 11.1. The summed E-state index contributed by atoms with van der Waals surface area (Å²) in [4.78, 5) is 4.67. The Morgan fingerprint density at radius 2 is 2.22 bits per heavy atom. The minimum atomic E-state index is -0.170. The molecule has 1 heterocycles. The maximum absolute atomic E-state index is 13.2. The van der Waals surface area contributed by atoms with Gasteiger partial charge in [-0.15, -0.1) is 11.3 Å². The number of benzene rings is 1. The first-order valence-corrected chi connectivity index (χ1v) is 6.95. The van der Waals surface area contributed by atoms with Gasteiger partial charge in [-0.3, -0.25) is 0 Å². The summed E-state index contributed by atoms with van der Waals surface area (Å²) >= 11 is 1.61. The van der Waals surface area contributed by atoms with E-state index in [4.69, 9.17) is 5.73 Å². The molecule has 1 saturated carbocycles. The van der Waals surface area contributed by atoms with Gasteiger partial charge in [0.1, 0.15) is 10.8 Å². The second kappa shape index (κ2) is 4.14. The average molecular weight is 262 g/mol. The number of rotatable bonds is 3. The van der Waals surface area contributed by atoms with E-state index in [2.05, 4.69) is 10.4 Å². The van der Waals surface area contributed by atoms with E-state index in [9.17, 15) is 4.39 Å². The summed E-state index contributed by atoms with van der Waals surface area (Å²) in [6.07, 6.45) is 2.27. The quantitative estimate of drug-likeness (QED) is 0.922. The highest BCUT2D eigenvalue weighted by Gasteiger charge is 2.44. The predicted octanol–water partition coefficient (Wildman–Crippen LogP) is 3.25. The number of thiazole rings is 1. The van der Waals surface area contributed by atoms with Gasteiger partial charge in [-0.1, -0.05) is 0 Å². The highest BCUT2D eigenvalue weighted by Crippen LogP contribution is 2.47. The lowest BCUT2D eigenvalue weighted by Gasteiger charge is -2.07. The van der Waals surface area contributed by atoms with Gasteiger partial charge in [0, 0.05) is 22.9 Å². The number of hydrogen-bond acceptors (Lipinski definition) is 3. The topological polar surface area (TPSA) is 38.9 Å². The molecule has 1 aliphatic carbocycles. The Morgan fingerprint density at radius 3 is 2.83 bits per heavy atom. The molecule has 1 aromatic carbocycles. The van der Waals surface area contributed by atoms with Crippen molar-refractivity contribution in [3.05, 3.63) is 40.7 Å². The molecule has 0 spiro atoms. The Balaban J connectivity index is 1.95. The molecule has 0 bridgehead atoms. The van der Waals surface area contributed by atoms with Gasteiger partial charge in [-0.05, 0) is 43.5 Å². The normalized spacial score (nSPS) is 16.8. The van der Waals surface area contributed by atoms with Gasteiger partial charge in [0.15, 0.2) is 0 Å². The van der Waals surface area contributed by atoms with Gasteiger partial charge in [0.05, 0.1) is 5.69 Å². The summed E-state index contributed by atoms with van der Waals surface area (Å²) in [5.41, 5.74) is 8.68. The fraction of sp³-hybridized carbons (Fsp3) is 0.357. The van der Waals surface area contributed by atoms with E-state index in [-0.39, 0.29) is 11.2 Å². The van der Waals surface area contributed by atoms with E-state index in [1.54, 1.807) is 24.3 Å². The summed E-state index contributed by atoms with van der Waals surface area (Å²) in [6, 6.07) is 5.13. The lowest BCUT2D eigenvalue weighted by atomic mass is 10.0. The molecule has 2 aromatic rings. The van der Waals surface area contributed by atoms with Crippen molar-refractivity contribution < 1.29 is 4.39 Å². The first-order valence-electron chi connectivity index (χ1n) is 6.07. The Bertz CT molecular complexity index is 587. The smallest absolute Gasteiger partial charge is 0.126 e. The highest BCUT2D eigenvalue weighted by molar-refractivity contribution is 7.13. The van der Waals surface area contributed by atoms with E-state index in [1.165, 1.54) is 6.07 Å². The van der Waals surface area contributed by atoms with Crippen molar-refractivity contribution in [1.29, 1.82) is 0 Å². The predicted molar refractivity (Wildman–Crippen MR) is 72.2 cm³/mol. The van der Waals surface area contributed by atoms with E-state index < -0.39 is 0 Å². The van der Waals surface area contributed by atoms with E-state index in [1.807, 2.05) is 6.07 Å². The second-order valence-corrected chi connectivity index (χ2v) is 5.84. The van der Waals surface area contributed by atoms with Crippen LogP contribution in [0.4, 0.5) is 4.39 Å². The van der Waals surface area contributed by atoms with Crippen LogP contribution >= 0.6 is 11.3 Å². The molecular formula is C14H15FN2S. The van der Waals surface area contributed by atoms with Crippen LogP contribution in [0.1, 0.15) is 24.1 Å². The molecule has 2 N–H and O–H groups in total. The van der Waals surface area contributed by atoms with Gasteiger partial charge in [0.25, 0.3) is 0 Å². The fourth-order valence-electron chi connectivity index (χ4n) is 2.14. The van der Waals surface area contributed by atoms with Crippen molar-refractivity contribution in [3.63, 3.8) is 0 Å². The van der Waals surface area contributed by atoms with Crippen molar-refractivity contribution in [3.8, 4) is 10.6 Å². The molecule has 0 amide bonds. The molecule has 2 nitrogen and oxygen atoms in total. The molecule has 0 radical (unpaired) electrons. The van der Waals surface area contributed by atoms with Gasteiger partial charge in [-0.25, -0.2) is 9.37 Å². The number of halogens is 1. The number of nitrogens with zero attached hydrogens (tertiary/aromatic N) is 1. The molecule has 1 aromatic heterocycles. The Hall–Kier alpha value is -1.26. The summed E-state index contributed by atoms with van der Waals surface area (Å²) in [7, 11) is 0. The highest BCUT2D eigenvalue weighted by atomic mass is 32.1. The minimum absolute atomic E-state index is 0.129. The molecule has 3 rings (SSSR count). The van der Waals surface area contributed by atoms with Crippen molar-refractivity contribution in [2.75, 3.05) is 6.54 Å². The van der Waals surface area contributed by atoms with Crippen LogP contribution in [0.15, 0.2) is 23.6 Å². The Morgan fingerprint density at radius 1 is 1.44 bits per heavy atom. The van der Waals surface area contributed by atoms with Crippen molar-refractivity contribution >= 4 is 11.3 Å². The van der Waals surface area contributed by atoms with Crippen molar-refractivity contribution in [2.45, 2.75) is 25.2 Å². The summed E-state index contributed by atoms with van der Waals surface area (Å²) in [6.45, 7) is 2.44. The molecular weight excluding hydrogens is 247 g/mol. The van der Waals surface area contributed by atoms with Crippen molar-refractivity contribution in [1.82, 2.24) is 4.98 Å². The third-order valence-electron chi connectivity index (χ3n) is 3.70. The largest absolute Gasteiger partial charge is 0.330 e. The third kappa shape index (κ3) is 1.85. The van der Waals surface area contributed by atoms with Crippen LogP contribution in [0, 0.1) is 12.7 Å². The molecule has 0 unspecified atom stereocenters. The van der Waals surface area contributed by atoms with E-state index in [0.29, 0.717) is 12.1 Å². The zero-order chi connectivity index (χ0) is 12.8. The first kappa shape index (κ1) is 11.8. The Labute approximate surface area is 110 Å². The monoisotopic (exact) mass is 262 g/mol. The van der Waals surface area contributed by atoms with Gasteiger partial charge < -0.3 is 5.73 Å². The lowest BCUT2D eigenvalue weighted by Crippen LogP contribution is -2.19. The molecule has 1 aliphatic rings. The number of aryl methyl sites for hydroxylation is 1. The first-order chi connectivity index (χ1) is 8.64. The van der Waals surface area contributed by atoms with Crippen LogP contribution in [0.25, 0.3) is 10.6 Å². The number of hydrogen-bond donors (Lipinski definition) is 1. The van der Waals surface area contributed by atoms with Crippen LogP contribution in [0.3, 0.4) is 0 Å². The van der Waals surface area contributed by atoms with Crippen LogP contribution in [-0.4, -0.2) is 11.5 Å². The number of nitrogens with two attached hydrogens (primary N) is 1.